The third-order valence-electron chi connectivity index (χ3n) is 4.30. The highest BCUT2D eigenvalue weighted by Crippen LogP contribution is 2.27. The number of aromatic nitrogens is 2. The number of nitrogens with one attached hydrogen (secondary N) is 1. The Morgan fingerprint density at radius 3 is 2.23 bits per heavy atom. The van der Waals surface area contributed by atoms with Crippen LogP contribution in [0, 0.1) is 0 Å². The van der Waals surface area contributed by atoms with Gasteiger partial charge < -0.3 is 14.5 Å². The number of alkyl halides is 3. The average Bonchev–Trinajstić information content (AvgIpc) is 2.67. The molecule has 0 saturated carbocycles. The first kappa shape index (κ1) is 21.6. The third-order valence-corrected chi connectivity index (χ3v) is 5.66. The van der Waals surface area contributed by atoms with E-state index >= 15 is 0 Å². The van der Waals surface area contributed by atoms with Gasteiger partial charge in [-0.05, 0) is 24.3 Å². The van der Waals surface area contributed by atoms with Gasteiger partial charge in [-0.15, -0.1) is 13.2 Å². The summed E-state index contributed by atoms with van der Waals surface area (Å²) in [5.74, 6) is -0.316. The van der Waals surface area contributed by atoms with Crippen molar-refractivity contribution in [3.63, 3.8) is 0 Å². The van der Waals surface area contributed by atoms with Crippen LogP contribution in [0.15, 0.2) is 41.6 Å². The van der Waals surface area contributed by atoms with E-state index in [4.69, 9.17) is 0 Å². The van der Waals surface area contributed by atoms with E-state index < -0.39 is 22.1 Å². The average molecular weight is 445 g/mol. The van der Waals surface area contributed by atoms with Gasteiger partial charge in [-0.3, -0.25) is 9.52 Å². The van der Waals surface area contributed by atoms with Crippen molar-refractivity contribution < 1.29 is 31.1 Å². The molecule has 0 radical (unpaired) electrons. The number of hydrogen-bond acceptors (Lipinski definition) is 7. The Bertz CT molecular complexity index is 1010. The number of carbonyl (C=O) groups is 1. The highest BCUT2D eigenvalue weighted by molar-refractivity contribution is 7.92. The second kappa shape index (κ2) is 8.34. The molecule has 2 aromatic rings. The van der Waals surface area contributed by atoms with Crippen molar-refractivity contribution in [2.75, 3.05) is 35.8 Å². The van der Waals surface area contributed by atoms with Crippen LogP contribution in [-0.4, -0.2) is 61.7 Å². The zero-order valence-electron chi connectivity index (χ0n) is 15.8. The van der Waals surface area contributed by atoms with Crippen LogP contribution in [0.5, 0.6) is 5.75 Å². The smallest absolute Gasteiger partial charge is 0.406 e. The van der Waals surface area contributed by atoms with Crippen molar-refractivity contribution in [1.82, 2.24) is 14.9 Å². The molecule has 1 aliphatic heterocycles. The molecular weight excluding hydrogens is 427 g/mol. The lowest BCUT2D eigenvalue weighted by molar-refractivity contribution is -0.274. The molecule has 0 unspecified atom stereocenters. The lowest BCUT2D eigenvalue weighted by atomic mass is 10.3. The van der Waals surface area contributed by atoms with E-state index in [1.54, 1.807) is 9.80 Å². The Morgan fingerprint density at radius 1 is 1.07 bits per heavy atom. The number of ether oxygens (including phenoxy) is 1. The Labute approximate surface area is 170 Å². The van der Waals surface area contributed by atoms with E-state index in [0.29, 0.717) is 32.0 Å². The SMILES string of the molecule is CC(=O)N1CCN(c2nccnc2NS(=O)(=O)c2ccc(OC(F)(F)F)cc2)CC1. The van der Waals surface area contributed by atoms with Gasteiger partial charge in [0.05, 0.1) is 4.90 Å². The molecule has 1 amide bonds. The van der Waals surface area contributed by atoms with E-state index in [1.807, 2.05) is 0 Å². The molecule has 0 aliphatic carbocycles. The van der Waals surface area contributed by atoms with Crippen molar-refractivity contribution in [1.29, 1.82) is 0 Å². The Morgan fingerprint density at radius 2 is 1.67 bits per heavy atom. The van der Waals surface area contributed by atoms with Gasteiger partial charge in [0, 0.05) is 45.5 Å². The molecule has 1 aromatic heterocycles. The summed E-state index contributed by atoms with van der Waals surface area (Å²) in [6, 6.07) is 3.79. The second-order valence-corrected chi connectivity index (χ2v) is 8.03. The molecular formula is C17H18F3N5O4S. The van der Waals surface area contributed by atoms with Crippen LogP contribution in [0.25, 0.3) is 0 Å². The van der Waals surface area contributed by atoms with Gasteiger partial charge in [-0.25, -0.2) is 18.4 Å². The fraction of sp³-hybridized carbons (Fsp3) is 0.353. The maximum atomic E-state index is 12.7. The summed E-state index contributed by atoms with van der Waals surface area (Å²) in [7, 11) is -4.14. The Balaban J connectivity index is 1.77. The largest absolute Gasteiger partial charge is 0.573 e. The fourth-order valence-corrected chi connectivity index (χ4v) is 3.88. The van der Waals surface area contributed by atoms with Crippen molar-refractivity contribution in [2.24, 2.45) is 0 Å². The summed E-state index contributed by atoms with van der Waals surface area (Å²) in [4.78, 5) is 22.9. The van der Waals surface area contributed by atoms with Gasteiger partial charge in [0.1, 0.15) is 5.75 Å². The summed E-state index contributed by atoms with van der Waals surface area (Å²) in [5, 5.41) is 0. The number of carbonyl (C=O) groups excluding carboxylic acids is 1. The number of anilines is 2. The highest BCUT2D eigenvalue weighted by Gasteiger charge is 2.31. The number of hydrogen-bond donors (Lipinski definition) is 1. The predicted molar refractivity (Wildman–Crippen MR) is 100 cm³/mol. The summed E-state index contributed by atoms with van der Waals surface area (Å²) >= 11 is 0. The van der Waals surface area contributed by atoms with E-state index in [9.17, 15) is 26.4 Å². The molecule has 162 valence electrons. The minimum Gasteiger partial charge on any atom is -0.406 e. The molecule has 2 heterocycles. The molecule has 0 spiro atoms. The molecule has 0 bridgehead atoms. The molecule has 30 heavy (non-hydrogen) atoms. The van der Waals surface area contributed by atoms with Crippen molar-refractivity contribution in [2.45, 2.75) is 18.2 Å². The predicted octanol–water partition coefficient (Wildman–Crippen LogP) is 1.84. The first-order valence-corrected chi connectivity index (χ1v) is 10.2. The molecule has 1 saturated heterocycles. The summed E-state index contributed by atoms with van der Waals surface area (Å²) in [6.07, 6.45) is -2.15. The maximum Gasteiger partial charge on any atom is 0.573 e. The number of nitrogens with zero attached hydrogens (tertiary/aromatic N) is 4. The normalized spacial score (nSPS) is 15.1. The van der Waals surface area contributed by atoms with E-state index in [2.05, 4.69) is 19.4 Å². The first-order chi connectivity index (χ1) is 14.0. The lowest BCUT2D eigenvalue weighted by Crippen LogP contribution is -2.48. The summed E-state index contributed by atoms with van der Waals surface area (Å²) in [6.45, 7) is 3.27. The van der Waals surface area contributed by atoms with Gasteiger partial charge in [0.15, 0.2) is 11.6 Å². The molecule has 3 rings (SSSR count). The van der Waals surface area contributed by atoms with Crippen LogP contribution < -0.4 is 14.4 Å². The van der Waals surface area contributed by atoms with E-state index in [0.717, 1.165) is 24.3 Å². The van der Waals surface area contributed by atoms with E-state index in [-0.39, 0.29) is 16.6 Å². The number of halogens is 3. The quantitative estimate of drug-likeness (QED) is 0.749. The van der Waals surface area contributed by atoms with Gasteiger partial charge in [0.2, 0.25) is 5.91 Å². The molecule has 9 nitrogen and oxygen atoms in total. The monoisotopic (exact) mass is 445 g/mol. The van der Waals surface area contributed by atoms with Crippen LogP contribution in [0.2, 0.25) is 0 Å². The van der Waals surface area contributed by atoms with Gasteiger partial charge in [0.25, 0.3) is 10.0 Å². The number of rotatable bonds is 5. The van der Waals surface area contributed by atoms with Gasteiger partial charge in [-0.2, -0.15) is 0 Å². The van der Waals surface area contributed by atoms with Gasteiger partial charge in [-0.1, -0.05) is 0 Å². The number of benzene rings is 1. The number of sulfonamides is 1. The minimum absolute atomic E-state index is 0.0237. The molecule has 1 aromatic carbocycles. The number of piperazine rings is 1. The van der Waals surface area contributed by atoms with E-state index in [1.165, 1.54) is 19.3 Å². The molecule has 13 heteroatoms. The summed E-state index contributed by atoms with van der Waals surface area (Å²) in [5.41, 5.74) is 0. The van der Waals surface area contributed by atoms with Crippen molar-refractivity contribution in [3.8, 4) is 5.75 Å². The van der Waals surface area contributed by atoms with Gasteiger partial charge >= 0.3 is 6.36 Å². The number of amides is 1. The molecule has 1 fully saturated rings. The van der Waals surface area contributed by atoms with Crippen LogP contribution in [-0.2, 0) is 14.8 Å². The third kappa shape index (κ3) is 5.28. The highest BCUT2D eigenvalue weighted by atomic mass is 32.2. The second-order valence-electron chi connectivity index (χ2n) is 6.35. The fourth-order valence-electron chi connectivity index (χ4n) is 2.87. The first-order valence-electron chi connectivity index (χ1n) is 8.75. The van der Waals surface area contributed by atoms with Crippen molar-refractivity contribution >= 4 is 27.6 Å². The van der Waals surface area contributed by atoms with Crippen LogP contribution in [0.4, 0.5) is 24.8 Å². The standard InChI is InChI=1S/C17H18F3N5O4S/c1-12(26)24-8-10-25(11-9-24)16-15(21-6-7-22-16)23-30(27,28)14-4-2-13(3-5-14)29-17(18,19)20/h2-7H,8-11H2,1H3,(H,21,23). The van der Waals surface area contributed by atoms with Crippen LogP contribution in [0.3, 0.4) is 0 Å². The Kier molecular flexibility index (Phi) is 6.01. The lowest BCUT2D eigenvalue weighted by Gasteiger charge is -2.35. The zero-order valence-corrected chi connectivity index (χ0v) is 16.6. The maximum absolute atomic E-state index is 12.7. The summed E-state index contributed by atoms with van der Waals surface area (Å²) < 4.78 is 68.2. The van der Waals surface area contributed by atoms with Crippen LogP contribution >= 0.6 is 0 Å². The molecule has 1 N–H and O–H groups in total. The molecule has 1 aliphatic rings. The minimum atomic E-state index is -4.88. The topological polar surface area (TPSA) is 105 Å². The zero-order chi connectivity index (χ0) is 21.9. The van der Waals surface area contributed by atoms with Crippen molar-refractivity contribution in [3.05, 3.63) is 36.7 Å². The Hall–Kier alpha value is -3.09. The molecule has 0 atom stereocenters. The van der Waals surface area contributed by atoms with Crippen LogP contribution in [0.1, 0.15) is 6.92 Å².